The fourth-order valence-corrected chi connectivity index (χ4v) is 5.30. The standard InChI is InChI=1S/C17H28N4O4S2.HI/c1-4-25-16(22)14-6-5-11-21(12-14)17(18-3)19-9-10-20-27(23,24)15-8-7-13(2)26-15;/h7-8,14,20H,4-6,9-12H2,1-3H3,(H,18,19);1H/t14-;/m1./s1. The molecule has 0 saturated carbocycles. The predicted molar refractivity (Wildman–Crippen MR) is 122 cm³/mol. The van der Waals surface area contributed by atoms with E-state index < -0.39 is 10.0 Å². The lowest BCUT2D eigenvalue weighted by molar-refractivity contribution is -0.149. The van der Waals surface area contributed by atoms with E-state index in [9.17, 15) is 13.2 Å². The Balaban J connectivity index is 0.00000392. The van der Waals surface area contributed by atoms with Crippen molar-refractivity contribution in [3.05, 3.63) is 17.0 Å². The fraction of sp³-hybridized carbons (Fsp3) is 0.647. The zero-order valence-electron chi connectivity index (χ0n) is 16.4. The van der Waals surface area contributed by atoms with E-state index in [4.69, 9.17) is 4.74 Å². The van der Waals surface area contributed by atoms with Gasteiger partial charge in [-0.2, -0.15) is 0 Å². The van der Waals surface area contributed by atoms with E-state index in [0.29, 0.717) is 29.9 Å². The molecule has 1 fully saturated rings. The molecule has 2 N–H and O–H groups in total. The van der Waals surface area contributed by atoms with Crippen LogP contribution in [0, 0.1) is 12.8 Å². The van der Waals surface area contributed by atoms with Crippen LogP contribution in [0.25, 0.3) is 0 Å². The first-order valence-corrected chi connectivity index (χ1v) is 11.4. The number of hydrogen-bond donors (Lipinski definition) is 2. The number of sulfonamides is 1. The number of piperidine rings is 1. The lowest BCUT2D eigenvalue weighted by Crippen LogP contribution is -2.49. The number of hydrogen-bond acceptors (Lipinski definition) is 6. The van der Waals surface area contributed by atoms with Gasteiger partial charge in [0.15, 0.2) is 5.96 Å². The van der Waals surface area contributed by atoms with Crippen LogP contribution < -0.4 is 10.0 Å². The van der Waals surface area contributed by atoms with E-state index in [1.165, 1.54) is 11.3 Å². The number of aryl methyl sites for hydroxylation is 1. The monoisotopic (exact) mass is 544 g/mol. The summed E-state index contributed by atoms with van der Waals surface area (Å²) in [5.74, 6) is 0.338. The number of nitrogens with one attached hydrogen (secondary N) is 2. The molecule has 0 radical (unpaired) electrons. The van der Waals surface area contributed by atoms with Crippen molar-refractivity contribution >= 4 is 57.3 Å². The first kappa shape index (κ1) is 25.1. The zero-order chi connectivity index (χ0) is 19.9. The summed E-state index contributed by atoms with van der Waals surface area (Å²) >= 11 is 1.25. The lowest BCUT2D eigenvalue weighted by atomic mass is 9.98. The van der Waals surface area contributed by atoms with E-state index in [1.807, 2.05) is 11.8 Å². The van der Waals surface area contributed by atoms with Crippen molar-refractivity contribution in [1.82, 2.24) is 14.9 Å². The zero-order valence-corrected chi connectivity index (χ0v) is 20.4. The van der Waals surface area contributed by atoms with Crippen LogP contribution in [-0.4, -0.2) is 65.1 Å². The third-order valence-corrected chi connectivity index (χ3v) is 7.19. The van der Waals surface area contributed by atoms with Gasteiger partial charge in [-0.25, -0.2) is 13.1 Å². The van der Waals surface area contributed by atoms with Crippen molar-refractivity contribution in [2.45, 2.75) is 30.9 Å². The third-order valence-electron chi connectivity index (χ3n) is 4.23. The van der Waals surface area contributed by atoms with E-state index in [2.05, 4.69) is 15.0 Å². The number of rotatable bonds is 7. The first-order valence-electron chi connectivity index (χ1n) is 9.05. The van der Waals surface area contributed by atoms with Crippen LogP contribution in [0.3, 0.4) is 0 Å². The normalized spacial score (nSPS) is 17.8. The quantitative estimate of drug-likeness (QED) is 0.179. The highest BCUT2D eigenvalue weighted by Gasteiger charge is 2.28. The Kier molecular flexibility index (Phi) is 10.7. The van der Waals surface area contributed by atoms with Crippen LogP contribution in [0.2, 0.25) is 0 Å². The van der Waals surface area contributed by atoms with Gasteiger partial charge in [0.25, 0.3) is 0 Å². The van der Waals surface area contributed by atoms with Gasteiger partial charge in [0.1, 0.15) is 4.21 Å². The largest absolute Gasteiger partial charge is 0.466 e. The highest BCUT2D eigenvalue weighted by atomic mass is 127. The van der Waals surface area contributed by atoms with Gasteiger partial charge in [-0.1, -0.05) is 0 Å². The molecule has 0 amide bonds. The lowest BCUT2D eigenvalue weighted by Gasteiger charge is -2.33. The molecule has 1 aliphatic rings. The summed E-state index contributed by atoms with van der Waals surface area (Å²) in [4.78, 5) is 19.2. The number of carbonyl (C=O) groups excluding carboxylic acids is 1. The number of halogens is 1. The molecular formula is C17H29IN4O4S2. The number of likely N-dealkylation sites (tertiary alicyclic amines) is 1. The predicted octanol–water partition coefficient (Wildman–Crippen LogP) is 1.80. The smallest absolute Gasteiger partial charge is 0.310 e. The molecule has 11 heteroatoms. The highest BCUT2D eigenvalue weighted by Crippen LogP contribution is 2.20. The summed E-state index contributed by atoms with van der Waals surface area (Å²) in [5, 5.41) is 3.16. The van der Waals surface area contributed by atoms with Crippen LogP contribution in [0.4, 0.5) is 0 Å². The SMILES string of the molecule is CCOC(=O)[C@@H]1CCCN(C(=NC)NCCNS(=O)(=O)c2ccc(C)s2)C1.I. The van der Waals surface area contributed by atoms with Crippen molar-refractivity contribution in [2.75, 3.05) is 39.8 Å². The van der Waals surface area contributed by atoms with Gasteiger partial charge >= 0.3 is 5.97 Å². The average Bonchev–Trinajstić information content (AvgIpc) is 3.09. The number of carbonyl (C=O) groups is 1. The van der Waals surface area contributed by atoms with Crippen molar-refractivity contribution in [3.8, 4) is 0 Å². The Morgan fingerprint density at radius 3 is 2.75 bits per heavy atom. The van der Waals surface area contributed by atoms with Gasteiger partial charge in [0, 0.05) is 38.1 Å². The maximum Gasteiger partial charge on any atom is 0.310 e. The first-order chi connectivity index (χ1) is 12.9. The number of thiophene rings is 1. The van der Waals surface area contributed by atoms with Crippen molar-refractivity contribution in [2.24, 2.45) is 10.9 Å². The second kappa shape index (κ2) is 11.9. The maximum absolute atomic E-state index is 12.2. The van der Waals surface area contributed by atoms with Crippen LogP contribution in [0.5, 0.6) is 0 Å². The molecule has 8 nitrogen and oxygen atoms in total. The summed E-state index contributed by atoms with van der Waals surface area (Å²) in [5.41, 5.74) is 0. The van der Waals surface area contributed by atoms with Crippen molar-refractivity contribution < 1.29 is 17.9 Å². The summed E-state index contributed by atoms with van der Waals surface area (Å²) in [6.07, 6.45) is 1.70. The van der Waals surface area contributed by atoms with Gasteiger partial charge in [0.05, 0.1) is 12.5 Å². The second-order valence-electron chi connectivity index (χ2n) is 6.27. The number of aliphatic imine (C=N–C) groups is 1. The molecule has 1 aromatic heterocycles. The summed E-state index contributed by atoms with van der Waals surface area (Å²) in [6.45, 7) is 6.06. The molecule has 28 heavy (non-hydrogen) atoms. The van der Waals surface area contributed by atoms with E-state index in [0.717, 1.165) is 24.3 Å². The van der Waals surface area contributed by atoms with Gasteiger partial charge < -0.3 is 15.0 Å². The van der Waals surface area contributed by atoms with E-state index in [1.54, 1.807) is 26.1 Å². The molecule has 0 aromatic carbocycles. The minimum Gasteiger partial charge on any atom is -0.466 e. The Morgan fingerprint density at radius 2 is 2.14 bits per heavy atom. The van der Waals surface area contributed by atoms with Gasteiger partial charge in [-0.15, -0.1) is 35.3 Å². The Bertz CT molecular complexity index is 767. The molecule has 2 rings (SSSR count). The minimum absolute atomic E-state index is 0. The molecule has 160 valence electrons. The van der Waals surface area contributed by atoms with Crippen LogP contribution in [0.15, 0.2) is 21.3 Å². The molecule has 1 atom stereocenters. The molecule has 2 heterocycles. The Hall–Kier alpha value is -0.920. The molecule has 0 spiro atoms. The topological polar surface area (TPSA) is 100 Å². The maximum atomic E-state index is 12.2. The molecular weight excluding hydrogens is 515 g/mol. The molecule has 0 unspecified atom stereocenters. The van der Waals surface area contributed by atoms with Crippen LogP contribution >= 0.6 is 35.3 Å². The van der Waals surface area contributed by atoms with E-state index in [-0.39, 0.29) is 42.4 Å². The van der Waals surface area contributed by atoms with Crippen molar-refractivity contribution in [3.63, 3.8) is 0 Å². The molecule has 1 aromatic rings. The van der Waals surface area contributed by atoms with Crippen LogP contribution in [0.1, 0.15) is 24.6 Å². The number of ether oxygens (including phenoxy) is 1. The Labute approximate surface area is 188 Å². The number of nitrogens with zero attached hydrogens (tertiary/aromatic N) is 2. The minimum atomic E-state index is -3.48. The summed E-state index contributed by atoms with van der Waals surface area (Å²) in [6, 6.07) is 3.40. The highest BCUT2D eigenvalue weighted by molar-refractivity contribution is 14.0. The summed E-state index contributed by atoms with van der Waals surface area (Å²) in [7, 11) is -1.81. The third kappa shape index (κ3) is 7.16. The Morgan fingerprint density at radius 1 is 1.39 bits per heavy atom. The average molecular weight is 544 g/mol. The molecule has 0 bridgehead atoms. The van der Waals surface area contributed by atoms with Gasteiger partial charge in [-0.05, 0) is 38.8 Å². The molecule has 0 aliphatic carbocycles. The molecule has 1 aliphatic heterocycles. The van der Waals surface area contributed by atoms with Crippen molar-refractivity contribution in [1.29, 1.82) is 0 Å². The van der Waals surface area contributed by atoms with Gasteiger partial charge in [-0.3, -0.25) is 9.79 Å². The van der Waals surface area contributed by atoms with E-state index >= 15 is 0 Å². The fourth-order valence-electron chi connectivity index (χ4n) is 2.94. The second-order valence-corrected chi connectivity index (χ2v) is 9.56. The number of guanidine groups is 1. The van der Waals surface area contributed by atoms with Gasteiger partial charge in [0.2, 0.25) is 10.0 Å². The number of esters is 1. The summed E-state index contributed by atoms with van der Waals surface area (Å²) < 4.78 is 32.5. The molecule has 1 saturated heterocycles. The van der Waals surface area contributed by atoms with Crippen LogP contribution in [-0.2, 0) is 19.6 Å².